The number of rotatable bonds is 3. The highest BCUT2D eigenvalue weighted by Crippen LogP contribution is 2.32. The summed E-state index contributed by atoms with van der Waals surface area (Å²) in [5.41, 5.74) is -5.68. The quantitative estimate of drug-likeness (QED) is 0.717. The number of pyridine rings is 1. The molecule has 1 aromatic carbocycles. The highest BCUT2D eigenvalue weighted by atomic mass is 32.2. The number of nitrogens with zero attached hydrogens (tertiary/aromatic N) is 2. The second kappa shape index (κ2) is 7.47. The van der Waals surface area contributed by atoms with Gasteiger partial charge >= 0.3 is 5.51 Å². The Bertz CT molecular complexity index is 977. The van der Waals surface area contributed by atoms with Crippen LogP contribution in [0, 0.1) is 5.82 Å². The van der Waals surface area contributed by atoms with E-state index in [4.69, 9.17) is 4.74 Å². The molecule has 1 aliphatic rings. The average molecular weight is 418 g/mol. The van der Waals surface area contributed by atoms with Gasteiger partial charge in [0.2, 0.25) is 0 Å². The fourth-order valence-electron chi connectivity index (χ4n) is 2.76. The molecular weight excluding hydrogens is 404 g/mol. The van der Waals surface area contributed by atoms with Crippen LogP contribution < -0.4 is 0 Å². The lowest BCUT2D eigenvalue weighted by molar-refractivity contribution is -0.0438. The van der Waals surface area contributed by atoms with E-state index in [9.17, 15) is 30.8 Å². The summed E-state index contributed by atoms with van der Waals surface area (Å²) in [7, 11) is -5.79. The molecule has 1 unspecified atom stereocenters. The Hall–Kier alpha value is -2.53. The molecule has 150 valence electrons. The first-order valence-electron chi connectivity index (χ1n) is 8.04. The normalized spacial score (nSPS) is 18.1. The zero-order chi connectivity index (χ0) is 20.5. The summed E-state index contributed by atoms with van der Waals surface area (Å²) >= 11 is 0. The number of sulfone groups is 1. The van der Waals surface area contributed by atoms with Crippen molar-refractivity contribution in [3.63, 3.8) is 0 Å². The molecule has 0 saturated carbocycles. The number of hydrogen-bond donors (Lipinski definition) is 0. The van der Waals surface area contributed by atoms with Crippen LogP contribution in [-0.2, 0) is 14.6 Å². The summed E-state index contributed by atoms with van der Waals surface area (Å²) in [5.74, 6) is -1.36. The molecule has 2 aromatic rings. The molecule has 0 radical (unpaired) electrons. The van der Waals surface area contributed by atoms with Crippen LogP contribution in [0.25, 0.3) is 0 Å². The molecule has 1 saturated heterocycles. The number of amides is 1. The fraction of sp³-hybridized carbons (Fsp3) is 0.294. The summed E-state index contributed by atoms with van der Waals surface area (Å²) in [6.45, 7) is 0.0944. The van der Waals surface area contributed by atoms with Gasteiger partial charge in [0.15, 0.2) is 5.03 Å². The minimum absolute atomic E-state index is 0.0368. The third kappa shape index (κ3) is 3.85. The second-order valence-corrected chi connectivity index (χ2v) is 7.82. The average Bonchev–Trinajstić information content (AvgIpc) is 2.67. The van der Waals surface area contributed by atoms with E-state index >= 15 is 0 Å². The highest BCUT2D eigenvalue weighted by molar-refractivity contribution is 7.92. The molecule has 0 N–H and O–H groups in total. The van der Waals surface area contributed by atoms with E-state index in [-0.39, 0.29) is 19.7 Å². The summed E-state index contributed by atoms with van der Waals surface area (Å²) in [5, 5.41) is -1.34. The number of ether oxygens (including phenoxy) is 1. The molecular formula is C17H14F4N2O4S. The van der Waals surface area contributed by atoms with Gasteiger partial charge < -0.3 is 9.64 Å². The molecule has 1 aliphatic heterocycles. The third-order valence-corrected chi connectivity index (χ3v) is 5.60. The summed E-state index contributed by atoms with van der Waals surface area (Å²) in [4.78, 5) is 17.2. The van der Waals surface area contributed by atoms with Crippen molar-refractivity contribution in [1.82, 2.24) is 9.88 Å². The van der Waals surface area contributed by atoms with Crippen molar-refractivity contribution in [3.05, 3.63) is 59.5 Å². The Labute approximate surface area is 157 Å². The second-order valence-electron chi connectivity index (χ2n) is 5.97. The Balaban J connectivity index is 1.90. The molecule has 1 fully saturated rings. The molecule has 0 bridgehead atoms. The van der Waals surface area contributed by atoms with Crippen molar-refractivity contribution in [2.75, 3.05) is 19.7 Å². The first kappa shape index (κ1) is 20.2. The lowest BCUT2D eigenvalue weighted by atomic mass is 10.1. The lowest BCUT2D eigenvalue weighted by Gasteiger charge is -2.33. The van der Waals surface area contributed by atoms with Crippen LogP contribution in [-0.4, -0.2) is 49.4 Å². The van der Waals surface area contributed by atoms with Gasteiger partial charge in [-0.25, -0.2) is 17.8 Å². The summed E-state index contributed by atoms with van der Waals surface area (Å²) in [6, 6.07) is 7.54. The molecule has 28 heavy (non-hydrogen) atoms. The van der Waals surface area contributed by atoms with E-state index in [2.05, 4.69) is 4.98 Å². The minimum Gasteiger partial charge on any atom is -0.370 e. The van der Waals surface area contributed by atoms with E-state index in [0.29, 0.717) is 5.56 Å². The Kier molecular flexibility index (Phi) is 5.39. The van der Waals surface area contributed by atoms with E-state index in [1.165, 1.54) is 35.2 Å². The van der Waals surface area contributed by atoms with Crippen LogP contribution in [0.3, 0.4) is 0 Å². The smallest absolute Gasteiger partial charge is 0.370 e. The van der Waals surface area contributed by atoms with E-state index < -0.39 is 43.8 Å². The van der Waals surface area contributed by atoms with Crippen LogP contribution in [0.4, 0.5) is 17.6 Å². The van der Waals surface area contributed by atoms with Crippen LogP contribution in [0.5, 0.6) is 0 Å². The van der Waals surface area contributed by atoms with Crippen molar-refractivity contribution in [3.8, 4) is 0 Å². The number of morpholine rings is 1. The zero-order valence-corrected chi connectivity index (χ0v) is 15.0. The number of halogens is 4. The number of carbonyl (C=O) groups excluding carboxylic acids is 1. The van der Waals surface area contributed by atoms with Gasteiger partial charge in [0, 0.05) is 12.7 Å². The number of aromatic nitrogens is 1. The topological polar surface area (TPSA) is 76.6 Å². The maximum atomic E-state index is 13.1. The molecule has 0 spiro atoms. The maximum absolute atomic E-state index is 13.1. The van der Waals surface area contributed by atoms with Crippen LogP contribution in [0.2, 0.25) is 0 Å². The molecule has 1 atom stereocenters. The standard InChI is InChI=1S/C17H14F4N2O4S/c18-12-5-3-11(4-6-12)14-10-23(8-9-27-14)16(24)13-2-1-7-22-15(13)28(25,26)17(19,20)21/h1-7,14H,8-10H2. The Morgan fingerprint density at radius 2 is 1.86 bits per heavy atom. The zero-order valence-electron chi connectivity index (χ0n) is 14.2. The van der Waals surface area contributed by atoms with Crippen molar-refractivity contribution in [2.45, 2.75) is 16.6 Å². The third-order valence-electron chi connectivity index (χ3n) is 4.16. The molecule has 1 amide bonds. The number of hydrogen-bond acceptors (Lipinski definition) is 5. The van der Waals surface area contributed by atoms with Gasteiger partial charge in [-0.3, -0.25) is 4.79 Å². The number of carbonyl (C=O) groups is 1. The molecule has 6 nitrogen and oxygen atoms in total. The predicted molar refractivity (Wildman–Crippen MR) is 88.5 cm³/mol. The molecule has 11 heteroatoms. The summed E-state index contributed by atoms with van der Waals surface area (Å²) < 4.78 is 80.9. The van der Waals surface area contributed by atoms with Gasteiger partial charge in [0.1, 0.15) is 11.9 Å². The van der Waals surface area contributed by atoms with E-state index in [1.807, 2.05) is 0 Å². The van der Waals surface area contributed by atoms with Crippen LogP contribution in [0.1, 0.15) is 22.0 Å². The van der Waals surface area contributed by atoms with Gasteiger partial charge in [-0.2, -0.15) is 13.2 Å². The van der Waals surface area contributed by atoms with Gasteiger partial charge in [0.05, 0.1) is 18.7 Å². The lowest BCUT2D eigenvalue weighted by Crippen LogP contribution is -2.43. The molecule has 0 aliphatic carbocycles. The van der Waals surface area contributed by atoms with Crippen molar-refractivity contribution < 1.29 is 35.5 Å². The summed E-state index contributed by atoms with van der Waals surface area (Å²) in [6.07, 6.45) is 0.244. The SMILES string of the molecule is O=C(c1cccnc1S(=O)(=O)C(F)(F)F)N1CCOC(c2ccc(F)cc2)C1. The monoisotopic (exact) mass is 418 g/mol. The molecule has 3 rings (SSSR count). The number of alkyl halides is 3. The maximum Gasteiger partial charge on any atom is 0.503 e. The van der Waals surface area contributed by atoms with Gasteiger partial charge in [-0.05, 0) is 29.8 Å². The van der Waals surface area contributed by atoms with Crippen molar-refractivity contribution >= 4 is 15.7 Å². The largest absolute Gasteiger partial charge is 0.503 e. The Morgan fingerprint density at radius 3 is 2.50 bits per heavy atom. The minimum atomic E-state index is -5.79. The predicted octanol–water partition coefficient (Wildman–Crippen LogP) is 2.73. The molecule has 2 heterocycles. The van der Waals surface area contributed by atoms with Gasteiger partial charge in [-0.15, -0.1) is 0 Å². The number of benzene rings is 1. The molecule has 1 aromatic heterocycles. The highest BCUT2D eigenvalue weighted by Gasteiger charge is 2.50. The van der Waals surface area contributed by atoms with Crippen LogP contribution in [0.15, 0.2) is 47.6 Å². The van der Waals surface area contributed by atoms with Gasteiger partial charge in [0.25, 0.3) is 15.7 Å². The van der Waals surface area contributed by atoms with E-state index in [1.54, 1.807) is 0 Å². The van der Waals surface area contributed by atoms with Crippen molar-refractivity contribution in [1.29, 1.82) is 0 Å². The first-order valence-corrected chi connectivity index (χ1v) is 9.52. The van der Waals surface area contributed by atoms with Crippen LogP contribution >= 0.6 is 0 Å². The van der Waals surface area contributed by atoms with Gasteiger partial charge in [-0.1, -0.05) is 12.1 Å². The van der Waals surface area contributed by atoms with Crippen molar-refractivity contribution in [2.24, 2.45) is 0 Å². The fourth-order valence-corrected chi connectivity index (χ4v) is 3.62. The Morgan fingerprint density at radius 1 is 1.18 bits per heavy atom. The first-order chi connectivity index (χ1) is 13.1. The van der Waals surface area contributed by atoms with E-state index in [0.717, 1.165) is 12.3 Å².